The van der Waals surface area contributed by atoms with Gasteiger partial charge in [-0.15, -0.1) is 0 Å². The molecule has 1 aliphatic rings. The molecule has 4 nitrogen and oxygen atoms in total. The number of ketones is 1. The summed E-state index contributed by atoms with van der Waals surface area (Å²) in [5, 5.41) is 30.6. The molecule has 96 valence electrons. The van der Waals surface area contributed by atoms with Gasteiger partial charge in [-0.3, -0.25) is 4.79 Å². The van der Waals surface area contributed by atoms with Crippen molar-refractivity contribution in [3.63, 3.8) is 0 Å². The summed E-state index contributed by atoms with van der Waals surface area (Å²) in [7, 11) is 0. The van der Waals surface area contributed by atoms with Gasteiger partial charge in [-0.1, -0.05) is 19.8 Å². The van der Waals surface area contributed by atoms with Crippen LogP contribution in [0.15, 0.2) is 0 Å². The van der Waals surface area contributed by atoms with Crippen LogP contribution in [0.3, 0.4) is 0 Å². The molecule has 0 aromatic heterocycles. The lowest BCUT2D eigenvalue weighted by Gasteiger charge is -2.53. The fourth-order valence-electron chi connectivity index (χ4n) is 2.63. The largest absolute Gasteiger partial charge is 0.393 e. The average molecular weight is 240 g/mol. The fourth-order valence-corrected chi connectivity index (χ4v) is 2.63. The van der Waals surface area contributed by atoms with Gasteiger partial charge in [0.2, 0.25) is 5.78 Å². The van der Waals surface area contributed by atoms with Gasteiger partial charge in [0, 0.05) is 18.8 Å². The number of hydrogen-bond acceptors (Lipinski definition) is 4. The summed E-state index contributed by atoms with van der Waals surface area (Å²) in [5.41, 5.74) is -4.04. The number of aliphatic hydroxyl groups is 3. The Morgan fingerprint density at radius 3 is 2.18 bits per heavy atom. The molecule has 1 aliphatic carbocycles. The van der Waals surface area contributed by atoms with E-state index in [9.17, 15) is 20.1 Å². The van der Waals surface area contributed by atoms with E-state index in [4.69, 9.17) is 0 Å². The van der Waals surface area contributed by atoms with Gasteiger partial charge in [0.15, 0.2) is 5.60 Å². The summed E-state index contributed by atoms with van der Waals surface area (Å²) in [6.45, 7) is 6.18. The van der Waals surface area contributed by atoms with E-state index in [0.717, 1.165) is 0 Å². The van der Waals surface area contributed by atoms with Crippen molar-refractivity contribution < 1.29 is 20.1 Å². The Bertz CT molecular complexity index is 366. The van der Waals surface area contributed by atoms with Crippen molar-refractivity contribution >= 4 is 5.78 Å². The van der Waals surface area contributed by atoms with Crippen LogP contribution in [0.1, 0.15) is 40.5 Å². The third-order valence-corrected chi connectivity index (χ3v) is 3.56. The van der Waals surface area contributed by atoms with Crippen molar-refractivity contribution in [2.75, 3.05) is 0 Å². The summed E-state index contributed by atoms with van der Waals surface area (Å²) in [6, 6.07) is 0. The number of aliphatic hydroxyl groups excluding tert-OH is 1. The second-order valence-electron chi connectivity index (χ2n) is 5.74. The first-order valence-electron chi connectivity index (χ1n) is 5.68. The van der Waals surface area contributed by atoms with Gasteiger partial charge in [0.25, 0.3) is 0 Å². The van der Waals surface area contributed by atoms with Gasteiger partial charge < -0.3 is 15.3 Å². The smallest absolute Gasteiger partial charge is 0.202 e. The third kappa shape index (κ3) is 2.37. The van der Waals surface area contributed by atoms with Crippen LogP contribution in [0.4, 0.5) is 0 Å². The highest BCUT2D eigenvalue weighted by Gasteiger charge is 2.59. The Hall–Kier alpha value is -0.890. The van der Waals surface area contributed by atoms with E-state index < -0.39 is 22.7 Å². The molecule has 4 heteroatoms. The van der Waals surface area contributed by atoms with E-state index in [-0.39, 0.29) is 12.2 Å². The Morgan fingerprint density at radius 2 is 1.76 bits per heavy atom. The molecule has 0 amide bonds. The normalized spacial score (nSPS) is 40.3. The van der Waals surface area contributed by atoms with Crippen LogP contribution >= 0.6 is 0 Å². The van der Waals surface area contributed by atoms with Crippen molar-refractivity contribution in [3.05, 3.63) is 0 Å². The van der Waals surface area contributed by atoms with E-state index in [2.05, 4.69) is 11.8 Å². The molecule has 0 bridgehead atoms. The standard InChI is InChI=1S/C13H20O4/c1-9(14)5-6-13(17)11(2,3)7-10(15)8-12(13,4)16/h10,15-17H,7-8H2,1-4H3/t10-,12+,13-/m1/s1. The molecule has 0 radical (unpaired) electrons. The van der Waals surface area contributed by atoms with Crippen LogP contribution in [0.25, 0.3) is 0 Å². The number of rotatable bonds is 0. The molecule has 1 saturated carbocycles. The number of hydrogen-bond donors (Lipinski definition) is 3. The van der Waals surface area contributed by atoms with Crippen LogP contribution in [-0.2, 0) is 4.79 Å². The number of carbonyl (C=O) groups excluding carboxylic acids is 1. The first-order chi connectivity index (χ1) is 7.52. The van der Waals surface area contributed by atoms with Gasteiger partial charge in [-0.05, 0) is 19.3 Å². The predicted octanol–water partition coefficient (Wildman–Crippen LogP) is 0.242. The lowest BCUT2D eigenvalue weighted by molar-refractivity contribution is -0.211. The average Bonchev–Trinajstić information content (AvgIpc) is 2.09. The molecule has 0 saturated heterocycles. The van der Waals surface area contributed by atoms with Crippen molar-refractivity contribution in [2.24, 2.45) is 5.41 Å². The summed E-state index contributed by atoms with van der Waals surface area (Å²) in [5.74, 6) is 4.43. The van der Waals surface area contributed by atoms with Crippen LogP contribution in [0.2, 0.25) is 0 Å². The van der Waals surface area contributed by atoms with Crippen LogP contribution in [0.5, 0.6) is 0 Å². The molecule has 17 heavy (non-hydrogen) atoms. The third-order valence-electron chi connectivity index (χ3n) is 3.56. The van der Waals surface area contributed by atoms with Crippen LogP contribution < -0.4 is 0 Å². The van der Waals surface area contributed by atoms with Crippen molar-refractivity contribution in [3.8, 4) is 11.8 Å². The molecule has 0 aromatic carbocycles. The van der Waals surface area contributed by atoms with Gasteiger partial charge in [0.1, 0.15) is 5.60 Å². The first-order valence-corrected chi connectivity index (χ1v) is 5.68. The molecule has 1 rings (SSSR count). The molecule has 0 aromatic rings. The predicted molar refractivity (Wildman–Crippen MR) is 63.1 cm³/mol. The second-order valence-corrected chi connectivity index (χ2v) is 5.74. The minimum atomic E-state index is -1.70. The zero-order chi connectivity index (χ0) is 13.5. The van der Waals surface area contributed by atoms with Crippen molar-refractivity contribution in [1.29, 1.82) is 0 Å². The zero-order valence-corrected chi connectivity index (χ0v) is 10.7. The van der Waals surface area contributed by atoms with E-state index in [0.29, 0.717) is 6.42 Å². The summed E-state index contributed by atoms with van der Waals surface area (Å²) in [6.07, 6.45) is -0.314. The molecular formula is C13H20O4. The van der Waals surface area contributed by atoms with Crippen molar-refractivity contribution in [1.82, 2.24) is 0 Å². The highest BCUT2D eigenvalue weighted by Crippen LogP contribution is 2.48. The monoisotopic (exact) mass is 240 g/mol. The van der Waals surface area contributed by atoms with E-state index in [1.807, 2.05) is 0 Å². The maximum atomic E-state index is 10.9. The fraction of sp³-hybridized carbons (Fsp3) is 0.769. The minimum absolute atomic E-state index is 0.0412. The molecule has 0 aliphatic heterocycles. The number of Topliss-reactive ketones (excluding diaryl/α,β-unsaturated/α-hetero) is 1. The van der Waals surface area contributed by atoms with Gasteiger partial charge >= 0.3 is 0 Å². The zero-order valence-electron chi connectivity index (χ0n) is 10.7. The molecular weight excluding hydrogens is 220 g/mol. The van der Waals surface area contributed by atoms with E-state index >= 15 is 0 Å². The Balaban J connectivity index is 3.26. The first kappa shape index (κ1) is 14.2. The van der Waals surface area contributed by atoms with E-state index in [1.54, 1.807) is 13.8 Å². The summed E-state index contributed by atoms with van der Waals surface area (Å²) >= 11 is 0. The molecule has 1 fully saturated rings. The molecule has 0 spiro atoms. The Morgan fingerprint density at radius 1 is 1.24 bits per heavy atom. The molecule has 3 atom stereocenters. The molecule has 0 heterocycles. The Labute approximate surface area is 102 Å². The maximum absolute atomic E-state index is 10.9. The van der Waals surface area contributed by atoms with Gasteiger partial charge in [-0.25, -0.2) is 0 Å². The highest BCUT2D eigenvalue weighted by molar-refractivity contribution is 5.93. The number of carbonyl (C=O) groups is 1. The summed E-state index contributed by atoms with van der Waals surface area (Å²) in [4.78, 5) is 10.9. The highest BCUT2D eigenvalue weighted by atomic mass is 16.4. The maximum Gasteiger partial charge on any atom is 0.202 e. The topological polar surface area (TPSA) is 77.8 Å². The summed E-state index contributed by atoms with van der Waals surface area (Å²) < 4.78 is 0. The second kappa shape index (κ2) is 4.09. The quantitative estimate of drug-likeness (QED) is 0.419. The van der Waals surface area contributed by atoms with Gasteiger partial charge in [0.05, 0.1) is 6.10 Å². The van der Waals surface area contributed by atoms with Crippen LogP contribution in [-0.4, -0.2) is 38.4 Å². The lowest BCUT2D eigenvalue weighted by Crippen LogP contribution is -2.65. The van der Waals surface area contributed by atoms with E-state index in [1.165, 1.54) is 13.8 Å². The molecule has 0 unspecified atom stereocenters. The van der Waals surface area contributed by atoms with Gasteiger partial charge in [-0.2, -0.15) is 0 Å². The lowest BCUT2D eigenvalue weighted by atomic mass is 9.58. The minimum Gasteiger partial charge on any atom is -0.393 e. The van der Waals surface area contributed by atoms with Crippen LogP contribution in [0, 0.1) is 17.3 Å². The SMILES string of the molecule is CC(=O)C#C[C@@]1(O)C(C)(C)C[C@@H](O)C[C@]1(C)O. The Kier molecular flexibility index (Phi) is 3.41. The van der Waals surface area contributed by atoms with Crippen molar-refractivity contribution in [2.45, 2.75) is 57.8 Å². The molecule has 3 N–H and O–H groups in total.